The van der Waals surface area contributed by atoms with Crippen molar-refractivity contribution < 1.29 is 10.2 Å². The number of aryl methyl sites for hydroxylation is 2. The van der Waals surface area contributed by atoms with Crippen LogP contribution in [0.25, 0.3) is 11.0 Å². The second kappa shape index (κ2) is 6.38. The van der Waals surface area contributed by atoms with Gasteiger partial charge in [-0.1, -0.05) is 19.1 Å². The molecule has 0 radical (unpaired) electrons. The number of aliphatic hydroxyl groups is 1. The van der Waals surface area contributed by atoms with Crippen molar-refractivity contribution in [3.05, 3.63) is 53.1 Å². The average molecular weight is 311 g/mol. The van der Waals surface area contributed by atoms with Crippen LogP contribution in [0.4, 0.5) is 0 Å². The van der Waals surface area contributed by atoms with Gasteiger partial charge in [-0.05, 0) is 25.5 Å². The van der Waals surface area contributed by atoms with Crippen LogP contribution in [0.1, 0.15) is 36.0 Å². The van der Waals surface area contributed by atoms with E-state index in [-0.39, 0.29) is 12.4 Å². The third-order valence-corrected chi connectivity index (χ3v) is 4.12. The standard InChI is InChI=1S/C18H21N3O2/c1-3-6-17-20-15-7-4-5-8-16(15)21(17)10-14-13(11-22)9-19-12(2)18(14)23/h4-5,7-9,22-23H,3,6,10-11H2,1-2H3. The fourth-order valence-corrected chi connectivity index (χ4v) is 2.87. The molecule has 0 saturated heterocycles. The molecular weight excluding hydrogens is 290 g/mol. The summed E-state index contributed by atoms with van der Waals surface area (Å²) in [5, 5.41) is 20.0. The molecule has 5 nitrogen and oxygen atoms in total. The van der Waals surface area contributed by atoms with Gasteiger partial charge in [0.1, 0.15) is 11.6 Å². The first-order valence-corrected chi connectivity index (χ1v) is 7.87. The van der Waals surface area contributed by atoms with Gasteiger partial charge in [0.15, 0.2) is 0 Å². The monoisotopic (exact) mass is 311 g/mol. The predicted octanol–water partition coefficient (Wildman–Crippen LogP) is 2.94. The van der Waals surface area contributed by atoms with E-state index in [1.54, 1.807) is 13.1 Å². The van der Waals surface area contributed by atoms with Crippen LogP contribution in [-0.4, -0.2) is 24.7 Å². The number of pyridine rings is 1. The van der Waals surface area contributed by atoms with E-state index in [0.717, 1.165) is 29.7 Å². The largest absolute Gasteiger partial charge is 0.506 e. The normalized spacial score (nSPS) is 11.3. The number of aromatic hydroxyl groups is 1. The van der Waals surface area contributed by atoms with Gasteiger partial charge in [-0.3, -0.25) is 4.98 Å². The fourth-order valence-electron chi connectivity index (χ4n) is 2.87. The van der Waals surface area contributed by atoms with Crippen LogP contribution in [0.5, 0.6) is 5.75 Å². The van der Waals surface area contributed by atoms with Crippen LogP contribution in [-0.2, 0) is 19.6 Å². The predicted molar refractivity (Wildman–Crippen MR) is 89.4 cm³/mol. The average Bonchev–Trinajstić information content (AvgIpc) is 2.90. The highest BCUT2D eigenvalue weighted by atomic mass is 16.3. The van der Waals surface area contributed by atoms with Crippen molar-refractivity contribution in [2.45, 2.75) is 39.8 Å². The Balaban J connectivity index is 2.15. The second-order valence-electron chi connectivity index (χ2n) is 5.71. The molecule has 120 valence electrons. The topological polar surface area (TPSA) is 71.2 Å². The molecule has 0 amide bonds. The van der Waals surface area contributed by atoms with Crippen LogP contribution in [0.3, 0.4) is 0 Å². The summed E-state index contributed by atoms with van der Waals surface area (Å²) in [6.07, 6.45) is 3.49. The first kappa shape index (κ1) is 15.5. The molecular formula is C18H21N3O2. The van der Waals surface area contributed by atoms with Gasteiger partial charge < -0.3 is 14.8 Å². The second-order valence-corrected chi connectivity index (χ2v) is 5.71. The Hall–Kier alpha value is -2.40. The van der Waals surface area contributed by atoms with Gasteiger partial charge in [-0.25, -0.2) is 4.98 Å². The maximum atomic E-state index is 10.4. The summed E-state index contributed by atoms with van der Waals surface area (Å²) in [4.78, 5) is 8.83. The van der Waals surface area contributed by atoms with E-state index in [0.29, 0.717) is 23.4 Å². The number of fused-ring (bicyclic) bond motifs is 1. The minimum Gasteiger partial charge on any atom is -0.506 e. The third-order valence-electron chi connectivity index (χ3n) is 4.12. The lowest BCUT2D eigenvalue weighted by Crippen LogP contribution is -2.09. The van der Waals surface area contributed by atoms with E-state index in [1.165, 1.54) is 0 Å². The van der Waals surface area contributed by atoms with Crippen LogP contribution in [0.2, 0.25) is 0 Å². The van der Waals surface area contributed by atoms with Gasteiger partial charge in [0.05, 0.1) is 29.9 Å². The van der Waals surface area contributed by atoms with Crippen LogP contribution in [0.15, 0.2) is 30.5 Å². The molecule has 2 heterocycles. The summed E-state index contributed by atoms with van der Waals surface area (Å²) in [7, 11) is 0. The van der Waals surface area contributed by atoms with Crippen molar-refractivity contribution in [2.24, 2.45) is 0 Å². The van der Waals surface area contributed by atoms with Crippen molar-refractivity contribution >= 4 is 11.0 Å². The Morgan fingerprint density at radius 1 is 1.22 bits per heavy atom. The minimum absolute atomic E-state index is 0.147. The summed E-state index contributed by atoms with van der Waals surface area (Å²) < 4.78 is 2.12. The molecule has 1 aromatic carbocycles. The minimum atomic E-state index is -0.147. The molecule has 0 spiro atoms. The molecule has 0 aliphatic heterocycles. The lowest BCUT2D eigenvalue weighted by molar-refractivity contribution is 0.278. The van der Waals surface area contributed by atoms with Crippen molar-refractivity contribution in [1.29, 1.82) is 0 Å². The summed E-state index contributed by atoms with van der Waals surface area (Å²) in [5.74, 6) is 1.14. The lowest BCUT2D eigenvalue weighted by Gasteiger charge is -2.14. The van der Waals surface area contributed by atoms with Crippen molar-refractivity contribution in [3.8, 4) is 5.75 Å². The molecule has 2 aromatic heterocycles. The number of aliphatic hydroxyl groups excluding tert-OH is 1. The number of imidazole rings is 1. The number of rotatable bonds is 5. The van der Waals surface area contributed by atoms with Crippen LogP contribution < -0.4 is 0 Å². The highest BCUT2D eigenvalue weighted by Gasteiger charge is 2.16. The van der Waals surface area contributed by atoms with E-state index in [1.807, 2.05) is 24.3 Å². The maximum Gasteiger partial charge on any atom is 0.142 e. The van der Waals surface area contributed by atoms with E-state index < -0.39 is 0 Å². The summed E-state index contributed by atoms with van der Waals surface area (Å²) >= 11 is 0. The molecule has 3 aromatic rings. The number of nitrogens with zero attached hydrogens (tertiary/aromatic N) is 3. The fraction of sp³-hybridized carbons (Fsp3) is 0.333. The number of benzene rings is 1. The van der Waals surface area contributed by atoms with E-state index in [4.69, 9.17) is 4.98 Å². The van der Waals surface area contributed by atoms with Gasteiger partial charge in [0.25, 0.3) is 0 Å². The van der Waals surface area contributed by atoms with Crippen molar-refractivity contribution in [1.82, 2.24) is 14.5 Å². The summed E-state index contributed by atoms with van der Waals surface area (Å²) in [6, 6.07) is 7.99. The third kappa shape index (κ3) is 2.80. The first-order chi connectivity index (χ1) is 11.2. The molecule has 0 saturated carbocycles. The SMILES string of the molecule is CCCc1nc2ccccc2n1Cc1c(CO)cnc(C)c1O. The lowest BCUT2D eigenvalue weighted by atomic mass is 10.1. The Morgan fingerprint density at radius 2 is 2.00 bits per heavy atom. The quantitative estimate of drug-likeness (QED) is 0.760. The summed E-state index contributed by atoms with van der Waals surface area (Å²) in [5.41, 5.74) is 3.91. The number of hydrogen-bond acceptors (Lipinski definition) is 4. The molecule has 0 aliphatic carbocycles. The Labute approximate surface area is 135 Å². The van der Waals surface area contributed by atoms with E-state index in [9.17, 15) is 10.2 Å². The van der Waals surface area contributed by atoms with E-state index >= 15 is 0 Å². The zero-order valence-corrected chi connectivity index (χ0v) is 13.5. The molecule has 2 N–H and O–H groups in total. The number of aromatic nitrogens is 3. The molecule has 0 atom stereocenters. The molecule has 23 heavy (non-hydrogen) atoms. The van der Waals surface area contributed by atoms with Crippen LogP contribution >= 0.6 is 0 Å². The Kier molecular flexibility index (Phi) is 4.30. The van der Waals surface area contributed by atoms with E-state index in [2.05, 4.69) is 16.5 Å². The molecule has 0 bridgehead atoms. The van der Waals surface area contributed by atoms with Gasteiger partial charge >= 0.3 is 0 Å². The Morgan fingerprint density at radius 3 is 2.74 bits per heavy atom. The van der Waals surface area contributed by atoms with Gasteiger partial charge in [0.2, 0.25) is 0 Å². The number of para-hydroxylation sites is 2. The van der Waals surface area contributed by atoms with Crippen molar-refractivity contribution in [3.63, 3.8) is 0 Å². The van der Waals surface area contributed by atoms with Gasteiger partial charge in [-0.2, -0.15) is 0 Å². The Bertz CT molecular complexity index is 840. The highest BCUT2D eigenvalue weighted by molar-refractivity contribution is 5.76. The molecule has 0 unspecified atom stereocenters. The molecule has 5 heteroatoms. The van der Waals surface area contributed by atoms with Gasteiger partial charge in [0, 0.05) is 23.7 Å². The zero-order valence-electron chi connectivity index (χ0n) is 13.5. The summed E-state index contributed by atoms with van der Waals surface area (Å²) in [6.45, 7) is 4.21. The highest BCUT2D eigenvalue weighted by Crippen LogP contribution is 2.27. The zero-order chi connectivity index (χ0) is 16.4. The number of hydrogen-bond donors (Lipinski definition) is 2. The van der Waals surface area contributed by atoms with Crippen LogP contribution in [0, 0.1) is 6.92 Å². The van der Waals surface area contributed by atoms with Crippen molar-refractivity contribution in [2.75, 3.05) is 0 Å². The first-order valence-electron chi connectivity index (χ1n) is 7.87. The molecule has 0 aliphatic rings. The maximum absolute atomic E-state index is 10.4. The smallest absolute Gasteiger partial charge is 0.142 e. The molecule has 0 fully saturated rings. The molecule has 3 rings (SSSR count). The van der Waals surface area contributed by atoms with Gasteiger partial charge in [-0.15, -0.1) is 0 Å².